The Labute approximate surface area is 181 Å². The Morgan fingerprint density at radius 1 is 0.880 bits per heavy atom. The molecule has 0 bridgehead atoms. The molecule has 1 radical (unpaired) electrons. The largest absolute Gasteiger partial charge is 3.00 e. The van der Waals surface area contributed by atoms with Gasteiger partial charge in [-0.3, -0.25) is 0 Å². The topological polar surface area (TPSA) is 20.2 Å². The third-order valence-electron chi connectivity index (χ3n) is 3.89. The van der Waals surface area contributed by atoms with Gasteiger partial charge >= 0.3 is 21.7 Å². The second-order valence-corrected chi connectivity index (χ2v) is 6.49. The summed E-state index contributed by atoms with van der Waals surface area (Å²) in [6.07, 6.45) is 3.87. The van der Waals surface area contributed by atoms with Crippen LogP contribution in [0.25, 0.3) is 0 Å². The van der Waals surface area contributed by atoms with Crippen molar-refractivity contribution in [3.05, 3.63) is 59.2 Å². The molecule has 0 saturated carbocycles. The fraction of sp³-hybridized carbons (Fsp3) is 0.476. The van der Waals surface area contributed by atoms with Crippen LogP contribution in [0.2, 0.25) is 0 Å². The molecule has 1 N–H and O–H groups in total. The van der Waals surface area contributed by atoms with Gasteiger partial charge in [0.1, 0.15) is 5.75 Å². The first kappa shape index (κ1) is 29.4. The molecule has 2 rings (SSSR count). The van der Waals surface area contributed by atoms with Gasteiger partial charge in [-0.05, 0) is 23.0 Å². The molecule has 0 amide bonds. The fourth-order valence-corrected chi connectivity index (χ4v) is 2.47. The first-order valence-electron chi connectivity index (χ1n) is 8.49. The minimum atomic E-state index is 0. The van der Waals surface area contributed by atoms with Crippen LogP contribution in [0.1, 0.15) is 76.0 Å². The van der Waals surface area contributed by atoms with E-state index < -0.39 is 0 Å². The van der Waals surface area contributed by atoms with Gasteiger partial charge in [0.25, 0.3) is 0 Å². The average Bonchev–Trinajstić information content (AvgIpc) is 2.98. The van der Waals surface area contributed by atoms with Crippen LogP contribution in [0.5, 0.6) is 5.75 Å². The fourth-order valence-electron chi connectivity index (χ4n) is 2.47. The normalized spacial score (nSPS) is 9.40. The van der Waals surface area contributed by atoms with Crippen molar-refractivity contribution in [1.29, 1.82) is 0 Å². The summed E-state index contributed by atoms with van der Waals surface area (Å²) in [6, 6.07) is 14.6. The van der Waals surface area contributed by atoms with Crippen molar-refractivity contribution in [1.82, 2.24) is 0 Å². The Kier molecular flexibility index (Phi) is 18.7. The van der Waals surface area contributed by atoms with E-state index >= 15 is 0 Å². The van der Waals surface area contributed by atoms with Gasteiger partial charge in [-0.2, -0.15) is 17.7 Å². The number of hydrogen-bond acceptors (Lipinski definition) is 1. The maximum atomic E-state index is 9.93. The van der Waals surface area contributed by atoms with E-state index in [2.05, 4.69) is 58.9 Å². The van der Waals surface area contributed by atoms with Crippen molar-refractivity contribution < 1.29 is 51.6 Å². The van der Waals surface area contributed by atoms with Gasteiger partial charge in [-0.1, -0.05) is 72.1 Å². The number of unbranched alkanes of at least 4 members (excludes halogenated alkanes) is 1. The van der Waals surface area contributed by atoms with Gasteiger partial charge in [-0.15, -0.1) is 0 Å². The van der Waals surface area contributed by atoms with Crippen molar-refractivity contribution in [3.8, 4) is 5.75 Å². The molecule has 0 aromatic heterocycles. The number of aromatic hydroxyl groups is 1. The number of hydrogen-bond donors (Lipinski definition) is 1. The summed E-state index contributed by atoms with van der Waals surface area (Å²) in [5, 5.41) is 9.93. The summed E-state index contributed by atoms with van der Waals surface area (Å²) < 4.78 is 0. The summed E-state index contributed by atoms with van der Waals surface area (Å²) in [6.45, 7) is 10.6. The molecule has 25 heavy (non-hydrogen) atoms. The van der Waals surface area contributed by atoms with E-state index in [4.69, 9.17) is 0 Å². The summed E-state index contributed by atoms with van der Waals surface area (Å²) in [7, 11) is 0. The van der Waals surface area contributed by atoms with Crippen LogP contribution in [0.15, 0.2) is 42.5 Å². The van der Waals surface area contributed by atoms with Crippen molar-refractivity contribution in [2.75, 3.05) is 0 Å². The van der Waals surface area contributed by atoms with Crippen LogP contribution in [0.3, 0.4) is 0 Å². The first-order valence-corrected chi connectivity index (χ1v) is 8.49. The number of phenols is 1. The third kappa shape index (κ3) is 10.4. The molecule has 0 aliphatic rings. The van der Waals surface area contributed by atoms with Crippen LogP contribution < -0.4 is 24.8 Å². The van der Waals surface area contributed by atoms with Gasteiger partial charge in [0.15, 0.2) is 0 Å². The van der Waals surface area contributed by atoms with Crippen LogP contribution in [-0.2, 0) is 28.1 Å². The van der Waals surface area contributed by atoms with E-state index in [-0.39, 0.29) is 46.5 Å². The molecule has 0 heterocycles. The van der Waals surface area contributed by atoms with Crippen molar-refractivity contribution in [3.63, 3.8) is 0 Å². The molecule has 4 heteroatoms. The average molecular weight is 418 g/mol. The number of para-hydroxylation sites is 1. The Balaban J connectivity index is -0.000000362. The molecule has 2 aromatic rings. The molecule has 139 valence electrons. The quantitative estimate of drug-likeness (QED) is 0.551. The number of phenolic OH excluding ortho intramolecular Hbond substituents is 1. The van der Waals surface area contributed by atoms with Crippen LogP contribution in [-0.4, -0.2) is 5.11 Å². The number of aryl methyl sites for hydroxylation is 1. The first-order chi connectivity index (χ1) is 10.5. The minimum Gasteiger partial charge on any atom is -1.00 e. The second kappa shape index (κ2) is 15.9. The Hall–Kier alpha value is -0.336. The Morgan fingerprint density at radius 3 is 1.68 bits per heavy atom. The van der Waals surface area contributed by atoms with E-state index in [1.165, 1.54) is 24.8 Å². The SMILES string of the molecule is CC(C)c1cccc(C(C)C)c1O.CCCC[c-]1cccc1.[Cl-].[Cl-].[Ti+3]. The minimum absolute atomic E-state index is 0. The van der Waals surface area contributed by atoms with Crippen molar-refractivity contribution in [2.45, 2.75) is 65.7 Å². The van der Waals surface area contributed by atoms with E-state index in [0.29, 0.717) is 17.6 Å². The van der Waals surface area contributed by atoms with E-state index in [1.807, 2.05) is 18.2 Å². The number of halogens is 2. The maximum Gasteiger partial charge on any atom is 3.00 e. The second-order valence-electron chi connectivity index (χ2n) is 6.49. The molecule has 2 aromatic carbocycles. The molecule has 0 saturated heterocycles. The molecule has 0 spiro atoms. The molecule has 0 unspecified atom stereocenters. The molecule has 0 aliphatic heterocycles. The summed E-state index contributed by atoms with van der Waals surface area (Å²) in [4.78, 5) is 0. The van der Waals surface area contributed by atoms with E-state index in [0.717, 1.165) is 11.1 Å². The van der Waals surface area contributed by atoms with Gasteiger partial charge in [-0.25, -0.2) is 12.1 Å². The Morgan fingerprint density at radius 2 is 1.32 bits per heavy atom. The standard InChI is InChI=1S/C12H18O.C9H13.2ClH.Ti/c1-8(2)10-6-5-7-11(9(3)4)12(10)13;1-2-3-6-9-7-4-5-8-9;;;/h5-9,13H,1-4H3;4-5,7-8H,2-3,6H2,1H3;2*1H;/q;-1;;;+3/p-2. The molecule has 0 atom stereocenters. The zero-order chi connectivity index (χ0) is 16.5. The van der Waals surface area contributed by atoms with Gasteiger partial charge in [0.05, 0.1) is 0 Å². The van der Waals surface area contributed by atoms with Crippen LogP contribution >= 0.6 is 0 Å². The maximum absolute atomic E-state index is 9.93. The van der Waals surface area contributed by atoms with Gasteiger partial charge in [0, 0.05) is 0 Å². The molecule has 0 aliphatic carbocycles. The molecular weight excluding hydrogens is 387 g/mol. The monoisotopic (exact) mass is 417 g/mol. The summed E-state index contributed by atoms with van der Waals surface area (Å²) >= 11 is 0. The van der Waals surface area contributed by atoms with Gasteiger partial charge < -0.3 is 29.9 Å². The van der Waals surface area contributed by atoms with Crippen LogP contribution in [0, 0.1) is 0 Å². The molecule has 1 nitrogen and oxygen atoms in total. The zero-order valence-electron chi connectivity index (χ0n) is 16.0. The zero-order valence-corrected chi connectivity index (χ0v) is 19.1. The summed E-state index contributed by atoms with van der Waals surface area (Å²) in [5.41, 5.74) is 3.58. The van der Waals surface area contributed by atoms with E-state index in [1.54, 1.807) is 0 Å². The summed E-state index contributed by atoms with van der Waals surface area (Å²) in [5.74, 6) is 1.25. The van der Waals surface area contributed by atoms with Crippen LogP contribution in [0.4, 0.5) is 0 Å². The number of benzene rings is 1. The smallest absolute Gasteiger partial charge is 1.00 e. The predicted octanol–water partition coefficient (Wildman–Crippen LogP) is 0.393. The predicted molar refractivity (Wildman–Crippen MR) is 96.9 cm³/mol. The molecule has 0 fully saturated rings. The number of rotatable bonds is 5. The van der Waals surface area contributed by atoms with Crippen molar-refractivity contribution in [2.24, 2.45) is 0 Å². The van der Waals surface area contributed by atoms with E-state index in [9.17, 15) is 5.11 Å². The van der Waals surface area contributed by atoms with Gasteiger partial charge in [0.2, 0.25) is 0 Å². The third-order valence-corrected chi connectivity index (χ3v) is 3.89. The Bertz CT molecular complexity index is 511. The molecular formula is C21H31Cl2OTi. The van der Waals surface area contributed by atoms with Crippen molar-refractivity contribution >= 4 is 0 Å².